The van der Waals surface area contributed by atoms with Gasteiger partial charge >= 0.3 is 0 Å². The third kappa shape index (κ3) is 8.07. The van der Waals surface area contributed by atoms with Crippen LogP contribution in [-0.2, 0) is 13.0 Å². The highest BCUT2D eigenvalue weighted by Gasteiger charge is 1.99. The fourth-order valence-electron chi connectivity index (χ4n) is 2.48. The second kappa shape index (κ2) is 12.6. The summed E-state index contributed by atoms with van der Waals surface area (Å²) in [7, 11) is 4.12. The predicted molar refractivity (Wildman–Crippen MR) is 121 cm³/mol. The number of nitrogens with zero attached hydrogens (tertiary/aromatic N) is 4. The third-order valence-electron chi connectivity index (χ3n) is 3.88. The first-order valence-electron chi connectivity index (χ1n) is 8.95. The van der Waals surface area contributed by atoms with E-state index in [2.05, 4.69) is 70.9 Å². The molecule has 26 heavy (non-hydrogen) atoms. The summed E-state index contributed by atoms with van der Waals surface area (Å²) in [5, 5.41) is 10.9. The molecule has 0 aliphatic heterocycles. The number of guanidine groups is 1. The van der Waals surface area contributed by atoms with Crippen LogP contribution in [0.5, 0.6) is 0 Å². The first kappa shape index (κ1) is 22.3. The van der Waals surface area contributed by atoms with Crippen molar-refractivity contribution in [2.75, 3.05) is 38.6 Å². The lowest BCUT2D eigenvalue weighted by atomic mass is 10.1. The largest absolute Gasteiger partial charge is 0.378 e. The van der Waals surface area contributed by atoms with Gasteiger partial charge in [0, 0.05) is 58.4 Å². The van der Waals surface area contributed by atoms with E-state index in [1.807, 2.05) is 16.9 Å². The highest BCUT2D eigenvalue weighted by atomic mass is 127. The quantitative estimate of drug-likeness (QED) is 0.256. The first-order chi connectivity index (χ1) is 12.2. The van der Waals surface area contributed by atoms with E-state index >= 15 is 0 Å². The molecule has 0 spiro atoms. The number of aryl methyl sites for hydroxylation is 1. The second-order valence-corrected chi connectivity index (χ2v) is 6.12. The summed E-state index contributed by atoms with van der Waals surface area (Å²) in [6, 6.07) is 10.6. The minimum atomic E-state index is 0. The van der Waals surface area contributed by atoms with Crippen LogP contribution in [0, 0.1) is 0 Å². The fourth-order valence-corrected chi connectivity index (χ4v) is 2.48. The standard InChI is InChI=1S/C19H30N6.HI/c1-4-20-19(21-12-5-15-25-16-6-13-23-25)22-14-11-17-7-9-18(10-8-17)24(2)3;/h6-10,13,16H,4-5,11-12,14-15H2,1-3H3,(H2,20,21,22);1H. The van der Waals surface area contributed by atoms with Crippen molar-refractivity contribution in [3.63, 3.8) is 0 Å². The summed E-state index contributed by atoms with van der Waals surface area (Å²) in [6.45, 7) is 5.50. The van der Waals surface area contributed by atoms with Crippen molar-refractivity contribution >= 4 is 35.6 Å². The molecule has 0 amide bonds. The number of rotatable bonds is 9. The van der Waals surface area contributed by atoms with Crippen molar-refractivity contribution in [2.24, 2.45) is 4.99 Å². The van der Waals surface area contributed by atoms with Crippen LogP contribution in [0.3, 0.4) is 0 Å². The zero-order valence-electron chi connectivity index (χ0n) is 16.0. The van der Waals surface area contributed by atoms with E-state index in [9.17, 15) is 0 Å². The van der Waals surface area contributed by atoms with Gasteiger partial charge in [-0.1, -0.05) is 12.1 Å². The Morgan fingerprint density at radius 2 is 1.96 bits per heavy atom. The van der Waals surface area contributed by atoms with E-state index in [0.29, 0.717) is 0 Å². The Morgan fingerprint density at radius 3 is 2.58 bits per heavy atom. The van der Waals surface area contributed by atoms with Crippen molar-refractivity contribution in [2.45, 2.75) is 26.3 Å². The summed E-state index contributed by atoms with van der Waals surface area (Å²) < 4.78 is 1.94. The molecule has 6 nitrogen and oxygen atoms in total. The second-order valence-electron chi connectivity index (χ2n) is 6.12. The molecule has 144 valence electrons. The van der Waals surface area contributed by atoms with Crippen molar-refractivity contribution in [1.29, 1.82) is 0 Å². The molecular formula is C19H31IN6. The van der Waals surface area contributed by atoms with Gasteiger partial charge in [-0.05, 0) is 43.5 Å². The van der Waals surface area contributed by atoms with Crippen molar-refractivity contribution in [1.82, 2.24) is 20.4 Å². The number of benzene rings is 1. The molecule has 1 aromatic carbocycles. The van der Waals surface area contributed by atoms with Crippen LogP contribution in [0.15, 0.2) is 47.7 Å². The Balaban J connectivity index is 0.00000338. The van der Waals surface area contributed by atoms with Gasteiger partial charge in [-0.25, -0.2) is 0 Å². The third-order valence-corrected chi connectivity index (χ3v) is 3.88. The van der Waals surface area contributed by atoms with Gasteiger partial charge in [0.15, 0.2) is 5.96 Å². The van der Waals surface area contributed by atoms with Gasteiger partial charge < -0.3 is 15.5 Å². The Kier molecular flexibility index (Phi) is 10.8. The maximum absolute atomic E-state index is 4.63. The summed E-state index contributed by atoms with van der Waals surface area (Å²) >= 11 is 0. The normalized spacial score (nSPS) is 11.0. The van der Waals surface area contributed by atoms with E-state index in [1.165, 1.54) is 11.3 Å². The SMILES string of the molecule is CCNC(=NCCCn1cccn1)NCCc1ccc(N(C)C)cc1.I. The fraction of sp³-hybridized carbons (Fsp3) is 0.474. The molecule has 2 rings (SSSR count). The minimum Gasteiger partial charge on any atom is -0.378 e. The van der Waals surface area contributed by atoms with Crippen LogP contribution >= 0.6 is 24.0 Å². The molecule has 0 aliphatic rings. The number of hydrogen-bond donors (Lipinski definition) is 2. The number of nitrogens with one attached hydrogen (secondary N) is 2. The Morgan fingerprint density at radius 1 is 1.19 bits per heavy atom. The lowest BCUT2D eigenvalue weighted by Crippen LogP contribution is -2.38. The molecule has 0 unspecified atom stereocenters. The molecule has 0 aliphatic carbocycles. The first-order valence-corrected chi connectivity index (χ1v) is 8.95. The zero-order chi connectivity index (χ0) is 17.9. The van der Waals surface area contributed by atoms with Crippen LogP contribution in [-0.4, -0.2) is 49.5 Å². The van der Waals surface area contributed by atoms with Crippen molar-refractivity contribution < 1.29 is 0 Å². The maximum atomic E-state index is 4.63. The molecule has 2 N–H and O–H groups in total. The molecule has 0 atom stereocenters. The summed E-state index contributed by atoms with van der Waals surface area (Å²) in [6.07, 6.45) is 5.74. The summed E-state index contributed by atoms with van der Waals surface area (Å²) in [5.74, 6) is 0.882. The van der Waals surface area contributed by atoms with Crippen LogP contribution in [0.25, 0.3) is 0 Å². The van der Waals surface area contributed by atoms with Crippen LogP contribution in [0.1, 0.15) is 18.9 Å². The molecule has 0 fully saturated rings. The van der Waals surface area contributed by atoms with Crippen molar-refractivity contribution in [3.8, 4) is 0 Å². The summed E-state index contributed by atoms with van der Waals surface area (Å²) in [4.78, 5) is 6.74. The molecule has 0 radical (unpaired) electrons. The molecule has 7 heteroatoms. The van der Waals surface area contributed by atoms with E-state index in [0.717, 1.165) is 45.0 Å². The van der Waals surface area contributed by atoms with Crippen molar-refractivity contribution in [3.05, 3.63) is 48.3 Å². The summed E-state index contributed by atoms with van der Waals surface area (Å²) in [5.41, 5.74) is 2.55. The smallest absolute Gasteiger partial charge is 0.191 e. The van der Waals surface area contributed by atoms with Crippen LogP contribution in [0.2, 0.25) is 0 Å². The monoisotopic (exact) mass is 470 g/mol. The van der Waals surface area contributed by atoms with Gasteiger partial charge in [0.2, 0.25) is 0 Å². The predicted octanol–water partition coefficient (Wildman–Crippen LogP) is 2.76. The average Bonchev–Trinajstić information content (AvgIpc) is 3.12. The van der Waals surface area contributed by atoms with E-state index in [1.54, 1.807) is 6.20 Å². The molecular weight excluding hydrogens is 439 g/mol. The zero-order valence-corrected chi connectivity index (χ0v) is 18.3. The molecule has 2 aromatic rings. The molecule has 0 bridgehead atoms. The van der Waals surface area contributed by atoms with Crippen LogP contribution < -0.4 is 15.5 Å². The van der Waals surface area contributed by atoms with Gasteiger partial charge in [0.25, 0.3) is 0 Å². The number of aromatic nitrogens is 2. The van der Waals surface area contributed by atoms with E-state index in [4.69, 9.17) is 0 Å². The van der Waals surface area contributed by atoms with Gasteiger partial charge in [0.05, 0.1) is 0 Å². The molecule has 1 heterocycles. The van der Waals surface area contributed by atoms with Crippen LogP contribution in [0.4, 0.5) is 5.69 Å². The van der Waals surface area contributed by atoms with Gasteiger partial charge in [-0.2, -0.15) is 5.10 Å². The minimum absolute atomic E-state index is 0. The highest BCUT2D eigenvalue weighted by Crippen LogP contribution is 2.12. The number of halogens is 1. The molecule has 1 aromatic heterocycles. The number of anilines is 1. The highest BCUT2D eigenvalue weighted by molar-refractivity contribution is 14.0. The van der Waals surface area contributed by atoms with E-state index in [-0.39, 0.29) is 24.0 Å². The molecule has 0 saturated heterocycles. The number of hydrogen-bond acceptors (Lipinski definition) is 3. The average molecular weight is 470 g/mol. The van der Waals surface area contributed by atoms with Gasteiger partial charge in [-0.3, -0.25) is 9.67 Å². The van der Waals surface area contributed by atoms with E-state index < -0.39 is 0 Å². The maximum Gasteiger partial charge on any atom is 0.191 e. The lowest BCUT2D eigenvalue weighted by Gasteiger charge is -2.14. The Hall–Kier alpha value is -1.77. The van der Waals surface area contributed by atoms with Gasteiger partial charge in [0.1, 0.15) is 0 Å². The lowest BCUT2D eigenvalue weighted by molar-refractivity contribution is 0.584. The number of aliphatic imine (C=N–C) groups is 1. The Bertz CT molecular complexity index is 622. The topological polar surface area (TPSA) is 57.5 Å². The van der Waals surface area contributed by atoms with Gasteiger partial charge in [-0.15, -0.1) is 24.0 Å². The Labute approximate surface area is 174 Å². The molecule has 0 saturated carbocycles.